The van der Waals surface area contributed by atoms with Crippen LogP contribution in [0.25, 0.3) is 0 Å². The van der Waals surface area contributed by atoms with E-state index in [1.807, 2.05) is 30.3 Å². The van der Waals surface area contributed by atoms with Crippen LogP contribution in [0, 0.1) is 10.1 Å². The van der Waals surface area contributed by atoms with Crippen LogP contribution in [0.2, 0.25) is 0 Å². The molecule has 0 saturated heterocycles. The molecular weight excluding hydrogens is 316 g/mol. The van der Waals surface area contributed by atoms with Gasteiger partial charge in [-0.15, -0.1) is 11.3 Å². The van der Waals surface area contributed by atoms with Crippen molar-refractivity contribution in [2.45, 2.75) is 0 Å². The summed E-state index contributed by atoms with van der Waals surface area (Å²) in [4.78, 5) is 24.8. The topological polar surface area (TPSA) is 97.1 Å². The van der Waals surface area contributed by atoms with E-state index in [0.29, 0.717) is 5.13 Å². The first kappa shape index (κ1) is 14.9. The van der Waals surface area contributed by atoms with Gasteiger partial charge in [0.25, 0.3) is 0 Å². The first-order chi connectivity index (χ1) is 11.2. The number of thiazole rings is 1. The molecule has 2 heterocycles. The summed E-state index contributed by atoms with van der Waals surface area (Å²) in [6.07, 6.45) is 2.90. The van der Waals surface area contributed by atoms with Gasteiger partial charge in [0.1, 0.15) is 6.33 Å². The molecule has 0 radical (unpaired) electrons. The van der Waals surface area contributed by atoms with Crippen molar-refractivity contribution in [2.75, 3.05) is 17.3 Å². The minimum Gasteiger partial charge on any atom is -0.324 e. The number of para-hydroxylation sites is 1. The van der Waals surface area contributed by atoms with Crippen molar-refractivity contribution in [1.29, 1.82) is 0 Å². The largest absolute Gasteiger partial charge is 0.354 e. The zero-order chi connectivity index (χ0) is 16.2. The summed E-state index contributed by atoms with van der Waals surface area (Å²) < 4.78 is 0. The van der Waals surface area contributed by atoms with E-state index in [9.17, 15) is 10.1 Å². The second kappa shape index (κ2) is 6.36. The molecule has 0 aliphatic heterocycles. The molecule has 0 unspecified atom stereocenters. The maximum atomic E-state index is 11.5. The van der Waals surface area contributed by atoms with Crippen molar-refractivity contribution in [3.8, 4) is 0 Å². The number of nitrogens with one attached hydrogen (secondary N) is 1. The number of anilines is 4. The molecular formula is C14H12N6O2S. The Morgan fingerprint density at radius 3 is 2.65 bits per heavy atom. The van der Waals surface area contributed by atoms with Gasteiger partial charge in [0.2, 0.25) is 11.6 Å². The van der Waals surface area contributed by atoms with Crippen molar-refractivity contribution in [3.05, 3.63) is 58.4 Å². The van der Waals surface area contributed by atoms with Crippen LogP contribution in [0.1, 0.15) is 0 Å². The fraction of sp³-hybridized carbons (Fsp3) is 0.0714. The number of hydrogen-bond donors (Lipinski definition) is 1. The van der Waals surface area contributed by atoms with Crippen LogP contribution in [0.4, 0.5) is 28.1 Å². The Labute approximate surface area is 135 Å². The lowest BCUT2D eigenvalue weighted by Crippen LogP contribution is -2.14. The highest BCUT2D eigenvalue weighted by atomic mass is 32.1. The summed E-state index contributed by atoms with van der Waals surface area (Å²) in [7, 11) is 1.72. The van der Waals surface area contributed by atoms with E-state index < -0.39 is 4.92 Å². The SMILES string of the molecule is CN(c1ccccc1)c1ncnc(Nc2nccs2)c1[N+](=O)[O-]. The molecule has 1 N–H and O–H groups in total. The summed E-state index contributed by atoms with van der Waals surface area (Å²) in [5.41, 5.74) is 0.587. The summed E-state index contributed by atoms with van der Waals surface area (Å²) in [5, 5.41) is 16.7. The zero-order valence-electron chi connectivity index (χ0n) is 12.1. The Hall–Kier alpha value is -3.07. The molecule has 0 fully saturated rings. The molecule has 0 aliphatic rings. The molecule has 0 atom stereocenters. The molecule has 0 amide bonds. The molecule has 2 aromatic heterocycles. The van der Waals surface area contributed by atoms with Crippen molar-refractivity contribution in [1.82, 2.24) is 15.0 Å². The van der Waals surface area contributed by atoms with E-state index >= 15 is 0 Å². The van der Waals surface area contributed by atoms with Gasteiger partial charge in [-0.25, -0.2) is 15.0 Å². The van der Waals surface area contributed by atoms with Crippen molar-refractivity contribution < 1.29 is 4.92 Å². The summed E-state index contributed by atoms with van der Waals surface area (Å²) >= 11 is 1.33. The number of rotatable bonds is 5. The first-order valence-corrected chi connectivity index (χ1v) is 7.49. The number of hydrogen-bond acceptors (Lipinski definition) is 8. The van der Waals surface area contributed by atoms with Crippen LogP contribution in [0.3, 0.4) is 0 Å². The highest BCUT2D eigenvalue weighted by Gasteiger charge is 2.26. The van der Waals surface area contributed by atoms with Gasteiger partial charge in [-0.1, -0.05) is 18.2 Å². The van der Waals surface area contributed by atoms with Crippen molar-refractivity contribution in [3.63, 3.8) is 0 Å². The lowest BCUT2D eigenvalue weighted by molar-refractivity contribution is -0.383. The summed E-state index contributed by atoms with van der Waals surface area (Å²) in [6.45, 7) is 0. The Balaban J connectivity index is 2.05. The molecule has 3 rings (SSSR count). The second-order valence-corrected chi connectivity index (χ2v) is 5.40. The van der Waals surface area contributed by atoms with Crippen LogP contribution < -0.4 is 10.2 Å². The lowest BCUT2D eigenvalue weighted by Gasteiger charge is -2.18. The van der Waals surface area contributed by atoms with Crippen molar-refractivity contribution in [2.24, 2.45) is 0 Å². The Bertz CT molecular complexity index is 809. The van der Waals surface area contributed by atoms with Gasteiger partial charge in [-0.2, -0.15) is 0 Å². The van der Waals surface area contributed by atoms with Gasteiger partial charge in [0.15, 0.2) is 5.13 Å². The third-order valence-electron chi connectivity index (χ3n) is 3.10. The van der Waals surface area contributed by atoms with Crippen LogP contribution >= 0.6 is 11.3 Å². The van der Waals surface area contributed by atoms with Crippen LogP contribution in [-0.2, 0) is 0 Å². The maximum Gasteiger partial charge on any atom is 0.354 e. The van der Waals surface area contributed by atoms with E-state index in [1.54, 1.807) is 23.5 Å². The quantitative estimate of drug-likeness (QED) is 0.566. The van der Waals surface area contributed by atoms with Gasteiger partial charge in [0.05, 0.1) is 4.92 Å². The normalized spacial score (nSPS) is 10.3. The molecule has 23 heavy (non-hydrogen) atoms. The summed E-state index contributed by atoms with van der Waals surface area (Å²) in [6, 6.07) is 9.28. The fourth-order valence-electron chi connectivity index (χ4n) is 2.03. The molecule has 0 saturated carbocycles. The monoisotopic (exact) mass is 328 g/mol. The molecule has 0 spiro atoms. The number of aromatic nitrogens is 3. The Morgan fingerprint density at radius 1 is 1.22 bits per heavy atom. The molecule has 0 aliphatic carbocycles. The van der Waals surface area contributed by atoms with Gasteiger partial charge >= 0.3 is 5.69 Å². The van der Waals surface area contributed by atoms with Gasteiger partial charge in [0, 0.05) is 24.3 Å². The highest BCUT2D eigenvalue weighted by Crippen LogP contribution is 2.36. The van der Waals surface area contributed by atoms with Crippen LogP contribution in [-0.4, -0.2) is 26.9 Å². The Kier molecular flexibility index (Phi) is 4.11. The van der Waals surface area contributed by atoms with Gasteiger partial charge in [-0.3, -0.25) is 10.1 Å². The highest BCUT2D eigenvalue weighted by molar-refractivity contribution is 7.13. The average molecular weight is 328 g/mol. The maximum absolute atomic E-state index is 11.5. The second-order valence-electron chi connectivity index (χ2n) is 4.51. The smallest absolute Gasteiger partial charge is 0.324 e. The Morgan fingerprint density at radius 2 is 2.00 bits per heavy atom. The van der Waals surface area contributed by atoms with E-state index in [-0.39, 0.29) is 17.3 Å². The fourth-order valence-corrected chi connectivity index (χ4v) is 2.56. The average Bonchev–Trinajstić information content (AvgIpc) is 3.07. The van der Waals surface area contributed by atoms with Crippen LogP contribution in [0.15, 0.2) is 48.2 Å². The first-order valence-electron chi connectivity index (χ1n) is 6.61. The molecule has 8 nitrogen and oxygen atoms in total. The van der Waals surface area contributed by atoms with Crippen molar-refractivity contribution >= 4 is 39.5 Å². The zero-order valence-corrected chi connectivity index (χ0v) is 12.9. The predicted octanol–water partition coefficient (Wildman–Crippen LogP) is 3.35. The predicted molar refractivity (Wildman–Crippen MR) is 88.6 cm³/mol. The third kappa shape index (κ3) is 3.09. The molecule has 116 valence electrons. The lowest BCUT2D eigenvalue weighted by atomic mass is 10.3. The van der Waals surface area contributed by atoms with Gasteiger partial charge < -0.3 is 10.2 Å². The molecule has 3 aromatic rings. The molecule has 0 bridgehead atoms. The minimum absolute atomic E-state index is 0.109. The van der Waals surface area contributed by atoms with Gasteiger partial charge in [-0.05, 0) is 12.1 Å². The number of nitrogens with zero attached hydrogens (tertiary/aromatic N) is 5. The van der Waals surface area contributed by atoms with E-state index in [1.165, 1.54) is 17.7 Å². The standard InChI is InChI=1S/C14H12N6O2S/c1-19(10-5-3-2-4-6-10)13-11(20(21)22)12(16-9-17-13)18-14-15-7-8-23-14/h2-9H,1H3,(H,15,16,17,18). The number of nitro groups is 1. The molecule has 9 heteroatoms. The van der Waals surface area contributed by atoms with Crippen LogP contribution in [0.5, 0.6) is 0 Å². The van der Waals surface area contributed by atoms with E-state index in [0.717, 1.165) is 5.69 Å². The molecule has 1 aromatic carbocycles. The summed E-state index contributed by atoms with van der Waals surface area (Å²) in [5.74, 6) is 0.313. The minimum atomic E-state index is -0.495. The third-order valence-corrected chi connectivity index (χ3v) is 3.79. The van der Waals surface area contributed by atoms with E-state index in [2.05, 4.69) is 20.3 Å². The number of benzene rings is 1. The van der Waals surface area contributed by atoms with E-state index in [4.69, 9.17) is 0 Å².